The second kappa shape index (κ2) is 8.65. The van der Waals surface area contributed by atoms with Crippen molar-refractivity contribution < 1.29 is 14.3 Å². The SMILES string of the molecule is COc1ccc(NC(=O)Nc2cccnc2Oc2ccccc2C(C)(C)C)cc1. The van der Waals surface area contributed by atoms with Gasteiger partial charge < -0.3 is 20.1 Å². The number of nitrogens with one attached hydrogen (secondary N) is 2. The molecule has 3 rings (SSSR count). The van der Waals surface area contributed by atoms with E-state index >= 15 is 0 Å². The topological polar surface area (TPSA) is 72.5 Å². The lowest BCUT2D eigenvalue weighted by Crippen LogP contribution is -2.20. The third-order valence-corrected chi connectivity index (χ3v) is 4.27. The summed E-state index contributed by atoms with van der Waals surface area (Å²) in [5.74, 6) is 1.75. The van der Waals surface area contributed by atoms with E-state index in [1.54, 1.807) is 49.7 Å². The molecule has 0 aliphatic carbocycles. The van der Waals surface area contributed by atoms with Crippen molar-refractivity contribution in [3.8, 4) is 17.4 Å². The van der Waals surface area contributed by atoms with Crippen LogP contribution in [-0.2, 0) is 5.41 Å². The lowest BCUT2D eigenvalue weighted by Gasteiger charge is -2.22. The molecule has 150 valence electrons. The minimum absolute atomic E-state index is 0.0926. The van der Waals surface area contributed by atoms with Crippen LogP contribution in [0, 0.1) is 0 Å². The molecule has 29 heavy (non-hydrogen) atoms. The molecule has 0 unspecified atom stereocenters. The Bertz CT molecular complexity index is 979. The van der Waals surface area contributed by atoms with Crippen LogP contribution in [0.15, 0.2) is 66.9 Å². The Balaban J connectivity index is 1.76. The smallest absolute Gasteiger partial charge is 0.323 e. The number of methoxy groups -OCH3 is 1. The largest absolute Gasteiger partial charge is 0.497 e. The molecule has 0 radical (unpaired) electrons. The fraction of sp³-hybridized carbons (Fsp3) is 0.217. The van der Waals surface area contributed by atoms with Gasteiger partial charge >= 0.3 is 6.03 Å². The number of rotatable bonds is 5. The number of ether oxygens (including phenoxy) is 2. The van der Waals surface area contributed by atoms with E-state index in [0.717, 1.165) is 11.3 Å². The van der Waals surface area contributed by atoms with E-state index in [4.69, 9.17) is 9.47 Å². The van der Waals surface area contributed by atoms with Gasteiger partial charge in [0.05, 0.1) is 7.11 Å². The maximum atomic E-state index is 12.4. The van der Waals surface area contributed by atoms with Crippen molar-refractivity contribution in [3.63, 3.8) is 0 Å². The Morgan fingerprint density at radius 1 is 0.931 bits per heavy atom. The van der Waals surface area contributed by atoms with E-state index in [2.05, 4.69) is 36.4 Å². The molecule has 6 heteroatoms. The number of aromatic nitrogens is 1. The van der Waals surface area contributed by atoms with Gasteiger partial charge in [0.2, 0.25) is 5.88 Å². The van der Waals surface area contributed by atoms with E-state index in [-0.39, 0.29) is 5.41 Å². The van der Waals surface area contributed by atoms with Crippen LogP contribution in [0.25, 0.3) is 0 Å². The summed E-state index contributed by atoms with van der Waals surface area (Å²) in [6.07, 6.45) is 1.63. The van der Waals surface area contributed by atoms with Crippen LogP contribution in [0.1, 0.15) is 26.3 Å². The van der Waals surface area contributed by atoms with Crippen LogP contribution < -0.4 is 20.1 Å². The zero-order chi connectivity index (χ0) is 20.9. The van der Waals surface area contributed by atoms with Gasteiger partial charge in [-0.3, -0.25) is 0 Å². The maximum Gasteiger partial charge on any atom is 0.323 e. The number of para-hydroxylation sites is 1. The fourth-order valence-corrected chi connectivity index (χ4v) is 2.81. The summed E-state index contributed by atoms with van der Waals surface area (Å²) in [5, 5.41) is 5.58. The van der Waals surface area contributed by atoms with Crippen LogP contribution in [0.5, 0.6) is 17.4 Å². The summed E-state index contributed by atoms with van der Waals surface area (Å²) in [5.41, 5.74) is 2.08. The molecular formula is C23H25N3O3. The molecule has 2 amide bonds. The minimum Gasteiger partial charge on any atom is -0.497 e. The molecule has 6 nitrogen and oxygen atoms in total. The van der Waals surface area contributed by atoms with Gasteiger partial charge in [-0.05, 0) is 47.9 Å². The van der Waals surface area contributed by atoms with Crippen LogP contribution >= 0.6 is 0 Å². The Kier molecular flexibility index (Phi) is 6.02. The van der Waals surface area contributed by atoms with Crippen molar-refractivity contribution in [1.29, 1.82) is 0 Å². The number of nitrogens with zero attached hydrogens (tertiary/aromatic N) is 1. The first-order valence-corrected chi connectivity index (χ1v) is 9.31. The molecule has 3 aromatic rings. The Labute approximate surface area is 170 Å². The molecule has 0 bridgehead atoms. The molecule has 0 fully saturated rings. The number of benzene rings is 2. The first-order valence-electron chi connectivity index (χ1n) is 9.31. The van der Waals surface area contributed by atoms with Gasteiger partial charge in [-0.15, -0.1) is 0 Å². The highest BCUT2D eigenvalue weighted by Gasteiger charge is 2.20. The van der Waals surface area contributed by atoms with Crippen LogP contribution in [0.4, 0.5) is 16.2 Å². The van der Waals surface area contributed by atoms with E-state index in [9.17, 15) is 4.79 Å². The summed E-state index contributed by atoms with van der Waals surface area (Å²) < 4.78 is 11.2. The van der Waals surface area contributed by atoms with Crippen molar-refractivity contribution in [2.75, 3.05) is 17.7 Å². The zero-order valence-corrected chi connectivity index (χ0v) is 17.0. The molecule has 0 saturated carbocycles. The van der Waals surface area contributed by atoms with Gasteiger partial charge in [0.1, 0.15) is 17.2 Å². The molecule has 2 N–H and O–H groups in total. The predicted octanol–water partition coefficient (Wildman–Crippen LogP) is 5.82. The number of pyridine rings is 1. The van der Waals surface area contributed by atoms with Crippen molar-refractivity contribution in [2.45, 2.75) is 26.2 Å². The predicted molar refractivity (Wildman–Crippen MR) is 115 cm³/mol. The molecular weight excluding hydrogens is 366 g/mol. The van der Waals surface area contributed by atoms with Gasteiger partial charge in [0.15, 0.2) is 0 Å². The third kappa shape index (κ3) is 5.25. The number of carbonyl (C=O) groups is 1. The Hall–Kier alpha value is -3.54. The number of amides is 2. The second-order valence-corrected chi connectivity index (χ2v) is 7.51. The van der Waals surface area contributed by atoms with Crippen LogP contribution in [-0.4, -0.2) is 18.1 Å². The first-order chi connectivity index (χ1) is 13.9. The summed E-state index contributed by atoms with van der Waals surface area (Å²) in [4.78, 5) is 16.7. The van der Waals surface area contributed by atoms with Crippen LogP contribution in [0.2, 0.25) is 0 Å². The van der Waals surface area contributed by atoms with Gasteiger partial charge in [0, 0.05) is 17.4 Å². The summed E-state index contributed by atoms with van der Waals surface area (Å²) in [7, 11) is 1.59. The molecule has 0 aliphatic rings. The van der Waals surface area contributed by atoms with Crippen molar-refractivity contribution >= 4 is 17.4 Å². The Morgan fingerprint density at radius 2 is 1.66 bits per heavy atom. The summed E-state index contributed by atoms with van der Waals surface area (Å²) in [6, 6.07) is 18.0. The summed E-state index contributed by atoms with van der Waals surface area (Å²) >= 11 is 0. The molecule has 0 atom stereocenters. The second-order valence-electron chi connectivity index (χ2n) is 7.51. The van der Waals surface area contributed by atoms with Gasteiger partial charge in [-0.1, -0.05) is 39.0 Å². The minimum atomic E-state index is -0.392. The average Bonchev–Trinajstić information content (AvgIpc) is 2.69. The monoisotopic (exact) mass is 391 g/mol. The van der Waals surface area contributed by atoms with E-state index in [0.29, 0.717) is 23.0 Å². The van der Waals surface area contributed by atoms with E-state index in [1.807, 2.05) is 24.3 Å². The Morgan fingerprint density at radius 3 is 2.34 bits per heavy atom. The number of hydrogen-bond acceptors (Lipinski definition) is 4. The van der Waals surface area contributed by atoms with Gasteiger partial charge in [0.25, 0.3) is 0 Å². The van der Waals surface area contributed by atoms with E-state index < -0.39 is 6.03 Å². The van der Waals surface area contributed by atoms with Crippen molar-refractivity contribution in [3.05, 3.63) is 72.4 Å². The van der Waals surface area contributed by atoms with Gasteiger partial charge in [-0.25, -0.2) is 9.78 Å². The van der Waals surface area contributed by atoms with Crippen molar-refractivity contribution in [2.24, 2.45) is 0 Å². The molecule has 1 aromatic heterocycles. The number of hydrogen-bond donors (Lipinski definition) is 2. The lowest BCUT2D eigenvalue weighted by atomic mass is 9.86. The average molecular weight is 391 g/mol. The molecule has 0 saturated heterocycles. The standard InChI is InChI=1S/C23H25N3O3/c1-23(2,3)18-8-5-6-10-20(18)29-21-19(9-7-15-24-21)26-22(27)25-16-11-13-17(28-4)14-12-16/h5-15H,1-4H3,(H2,25,26,27). The summed E-state index contributed by atoms with van der Waals surface area (Å²) in [6.45, 7) is 6.36. The number of urea groups is 1. The molecule has 0 aliphatic heterocycles. The van der Waals surface area contributed by atoms with Crippen LogP contribution in [0.3, 0.4) is 0 Å². The quantitative estimate of drug-likeness (QED) is 0.574. The lowest BCUT2D eigenvalue weighted by molar-refractivity contribution is 0.262. The highest BCUT2D eigenvalue weighted by molar-refractivity contribution is 6.00. The molecule has 1 heterocycles. The molecule has 2 aromatic carbocycles. The number of anilines is 2. The highest BCUT2D eigenvalue weighted by atomic mass is 16.5. The maximum absolute atomic E-state index is 12.4. The highest BCUT2D eigenvalue weighted by Crippen LogP contribution is 2.35. The van der Waals surface area contributed by atoms with Crippen molar-refractivity contribution in [1.82, 2.24) is 4.98 Å². The normalized spacial score (nSPS) is 10.9. The fourth-order valence-electron chi connectivity index (χ4n) is 2.81. The first kappa shape index (κ1) is 20.2. The zero-order valence-electron chi connectivity index (χ0n) is 17.0. The van der Waals surface area contributed by atoms with E-state index in [1.165, 1.54) is 0 Å². The third-order valence-electron chi connectivity index (χ3n) is 4.27. The molecule has 0 spiro atoms. The van der Waals surface area contributed by atoms with Gasteiger partial charge in [-0.2, -0.15) is 0 Å². The number of carbonyl (C=O) groups excluding carboxylic acids is 1.